The first-order valence-electron chi connectivity index (χ1n) is 9.05. The van der Waals surface area contributed by atoms with Crippen molar-refractivity contribution in [1.29, 1.82) is 0 Å². The summed E-state index contributed by atoms with van der Waals surface area (Å²) >= 11 is 1.32. The van der Waals surface area contributed by atoms with Gasteiger partial charge >= 0.3 is 5.97 Å². The van der Waals surface area contributed by atoms with Crippen molar-refractivity contribution < 1.29 is 19.5 Å². The minimum atomic E-state index is -0.956. The van der Waals surface area contributed by atoms with Gasteiger partial charge in [0.15, 0.2) is 0 Å². The Hall–Kier alpha value is -2.02. The van der Waals surface area contributed by atoms with Crippen LogP contribution in [-0.2, 0) is 9.59 Å². The summed E-state index contributed by atoms with van der Waals surface area (Å²) in [4.78, 5) is 35.5. The van der Waals surface area contributed by atoms with Crippen molar-refractivity contribution in [3.8, 4) is 0 Å². The van der Waals surface area contributed by atoms with Crippen molar-refractivity contribution in [3.05, 3.63) is 29.8 Å². The maximum Gasteiger partial charge on any atom is 0.305 e. The SMILES string of the molecule is O=C(O)CCNC(=O)c1ccccc1SCC(=O)NCC1CCCCC1. The topological polar surface area (TPSA) is 95.5 Å². The summed E-state index contributed by atoms with van der Waals surface area (Å²) in [7, 11) is 0. The summed E-state index contributed by atoms with van der Waals surface area (Å²) in [5, 5.41) is 14.2. The second kappa shape index (κ2) is 10.9. The quantitative estimate of drug-likeness (QED) is 0.574. The van der Waals surface area contributed by atoms with Crippen LogP contribution in [0.1, 0.15) is 48.9 Å². The molecule has 6 nitrogen and oxygen atoms in total. The number of aliphatic carboxylic acids is 1. The van der Waals surface area contributed by atoms with Gasteiger partial charge in [0, 0.05) is 18.0 Å². The third-order valence-corrected chi connectivity index (χ3v) is 5.50. The third-order valence-electron chi connectivity index (χ3n) is 4.43. The van der Waals surface area contributed by atoms with Crippen LogP contribution < -0.4 is 10.6 Å². The standard InChI is InChI=1S/C19H26N2O4S/c22-17(21-12-14-6-2-1-3-7-14)13-26-16-9-5-4-8-15(16)19(25)20-11-10-18(23)24/h4-5,8-9,14H,1-3,6-7,10-13H2,(H,20,25)(H,21,22)(H,23,24). The summed E-state index contributed by atoms with van der Waals surface area (Å²) in [6.45, 7) is 0.811. The Morgan fingerprint density at radius 2 is 1.81 bits per heavy atom. The van der Waals surface area contributed by atoms with Crippen molar-refractivity contribution in [2.24, 2.45) is 5.92 Å². The monoisotopic (exact) mass is 378 g/mol. The van der Waals surface area contributed by atoms with Gasteiger partial charge in [-0.25, -0.2) is 0 Å². The fraction of sp³-hybridized carbons (Fsp3) is 0.526. The van der Waals surface area contributed by atoms with Crippen LogP contribution in [-0.4, -0.2) is 41.7 Å². The fourth-order valence-electron chi connectivity index (χ4n) is 3.00. The van der Waals surface area contributed by atoms with Gasteiger partial charge in [-0.2, -0.15) is 0 Å². The van der Waals surface area contributed by atoms with E-state index in [1.165, 1.54) is 43.9 Å². The average Bonchev–Trinajstić information content (AvgIpc) is 2.65. The predicted octanol–water partition coefficient (Wildman–Crippen LogP) is 2.68. The van der Waals surface area contributed by atoms with E-state index in [2.05, 4.69) is 10.6 Å². The number of thioether (sulfide) groups is 1. The normalized spacial score (nSPS) is 14.6. The molecule has 1 aliphatic rings. The Labute approximate surface area is 158 Å². The number of carboxylic acid groups (broad SMARTS) is 1. The number of carboxylic acids is 1. The summed E-state index contributed by atoms with van der Waals surface area (Å²) in [5.74, 6) is -0.460. The van der Waals surface area contributed by atoms with Crippen molar-refractivity contribution >= 4 is 29.5 Å². The van der Waals surface area contributed by atoms with E-state index in [-0.39, 0.29) is 30.5 Å². The molecule has 0 saturated heterocycles. The molecule has 2 amide bonds. The van der Waals surface area contributed by atoms with E-state index in [0.717, 1.165) is 6.54 Å². The van der Waals surface area contributed by atoms with Crippen LogP contribution in [0.25, 0.3) is 0 Å². The molecular weight excluding hydrogens is 352 g/mol. The van der Waals surface area contributed by atoms with Crippen LogP contribution in [0.2, 0.25) is 0 Å². The molecule has 0 unspecified atom stereocenters. The highest BCUT2D eigenvalue weighted by Crippen LogP contribution is 2.24. The predicted molar refractivity (Wildman–Crippen MR) is 101 cm³/mol. The molecule has 1 fully saturated rings. The van der Waals surface area contributed by atoms with E-state index < -0.39 is 5.97 Å². The second-order valence-electron chi connectivity index (χ2n) is 6.49. The fourth-order valence-corrected chi connectivity index (χ4v) is 3.88. The highest BCUT2D eigenvalue weighted by Gasteiger charge is 2.16. The largest absolute Gasteiger partial charge is 0.481 e. The van der Waals surface area contributed by atoms with E-state index in [9.17, 15) is 14.4 Å². The molecule has 0 spiro atoms. The van der Waals surface area contributed by atoms with Crippen LogP contribution in [0.15, 0.2) is 29.2 Å². The van der Waals surface area contributed by atoms with Gasteiger partial charge in [-0.3, -0.25) is 14.4 Å². The molecule has 0 radical (unpaired) electrons. The zero-order valence-electron chi connectivity index (χ0n) is 14.8. The first-order valence-corrected chi connectivity index (χ1v) is 10.0. The lowest BCUT2D eigenvalue weighted by Gasteiger charge is -2.21. The lowest BCUT2D eigenvalue weighted by Crippen LogP contribution is -2.31. The Kier molecular flexibility index (Phi) is 8.47. The van der Waals surface area contributed by atoms with Crippen LogP contribution in [0.4, 0.5) is 0 Å². The molecule has 0 atom stereocenters. The Balaban J connectivity index is 1.80. The molecule has 1 saturated carbocycles. The molecule has 26 heavy (non-hydrogen) atoms. The van der Waals surface area contributed by atoms with Crippen molar-refractivity contribution in [2.45, 2.75) is 43.4 Å². The van der Waals surface area contributed by atoms with Gasteiger partial charge in [-0.1, -0.05) is 31.4 Å². The highest BCUT2D eigenvalue weighted by atomic mass is 32.2. The van der Waals surface area contributed by atoms with Crippen molar-refractivity contribution in [1.82, 2.24) is 10.6 Å². The lowest BCUT2D eigenvalue weighted by atomic mass is 9.89. The molecule has 2 rings (SSSR count). The summed E-state index contributed by atoms with van der Waals surface area (Å²) < 4.78 is 0. The number of benzene rings is 1. The van der Waals surface area contributed by atoms with E-state index >= 15 is 0 Å². The molecule has 0 bridgehead atoms. The Morgan fingerprint density at radius 1 is 1.08 bits per heavy atom. The maximum absolute atomic E-state index is 12.2. The van der Waals surface area contributed by atoms with Gasteiger partial charge in [-0.15, -0.1) is 11.8 Å². The van der Waals surface area contributed by atoms with Crippen LogP contribution in [0.3, 0.4) is 0 Å². The van der Waals surface area contributed by atoms with E-state index in [1.807, 2.05) is 6.07 Å². The van der Waals surface area contributed by atoms with Gasteiger partial charge in [0.05, 0.1) is 17.7 Å². The van der Waals surface area contributed by atoms with E-state index in [1.54, 1.807) is 18.2 Å². The molecule has 1 aliphatic carbocycles. The zero-order valence-corrected chi connectivity index (χ0v) is 15.6. The summed E-state index contributed by atoms with van der Waals surface area (Å²) in [6, 6.07) is 7.04. The Morgan fingerprint density at radius 3 is 2.54 bits per heavy atom. The van der Waals surface area contributed by atoms with Crippen LogP contribution >= 0.6 is 11.8 Å². The van der Waals surface area contributed by atoms with E-state index in [0.29, 0.717) is 16.4 Å². The molecule has 1 aromatic carbocycles. The van der Waals surface area contributed by atoms with Gasteiger partial charge in [0.25, 0.3) is 5.91 Å². The van der Waals surface area contributed by atoms with E-state index in [4.69, 9.17) is 5.11 Å². The first-order chi connectivity index (χ1) is 12.6. The van der Waals surface area contributed by atoms with Crippen LogP contribution in [0, 0.1) is 5.92 Å². The molecule has 7 heteroatoms. The Bertz CT molecular complexity index is 630. The molecular formula is C19H26N2O4S. The number of rotatable bonds is 9. The molecule has 0 aliphatic heterocycles. The minimum Gasteiger partial charge on any atom is -0.481 e. The number of carbonyl (C=O) groups is 3. The minimum absolute atomic E-state index is 0.0262. The van der Waals surface area contributed by atoms with Crippen molar-refractivity contribution in [3.63, 3.8) is 0 Å². The molecule has 0 aromatic heterocycles. The van der Waals surface area contributed by atoms with Gasteiger partial charge in [-0.05, 0) is 30.9 Å². The third kappa shape index (κ3) is 7.07. The number of hydrogen-bond donors (Lipinski definition) is 3. The second-order valence-corrected chi connectivity index (χ2v) is 7.51. The average molecular weight is 378 g/mol. The summed E-state index contributed by atoms with van der Waals surface area (Å²) in [5.41, 5.74) is 0.461. The highest BCUT2D eigenvalue weighted by molar-refractivity contribution is 8.00. The number of nitrogens with one attached hydrogen (secondary N) is 2. The number of amides is 2. The molecule has 1 aromatic rings. The number of hydrogen-bond acceptors (Lipinski definition) is 4. The smallest absolute Gasteiger partial charge is 0.305 e. The van der Waals surface area contributed by atoms with Gasteiger partial charge in [0.1, 0.15) is 0 Å². The van der Waals surface area contributed by atoms with Gasteiger partial charge in [0.2, 0.25) is 5.91 Å². The maximum atomic E-state index is 12.2. The molecule has 3 N–H and O–H groups in total. The zero-order chi connectivity index (χ0) is 18.8. The van der Waals surface area contributed by atoms with Crippen molar-refractivity contribution in [2.75, 3.05) is 18.8 Å². The first kappa shape index (κ1) is 20.3. The summed E-state index contributed by atoms with van der Waals surface area (Å²) in [6.07, 6.45) is 6.05. The molecule has 142 valence electrons. The lowest BCUT2D eigenvalue weighted by molar-refractivity contribution is -0.136. The van der Waals surface area contributed by atoms with Crippen LogP contribution in [0.5, 0.6) is 0 Å². The molecule has 0 heterocycles. The number of carbonyl (C=O) groups excluding carboxylic acids is 2. The van der Waals surface area contributed by atoms with Gasteiger partial charge < -0.3 is 15.7 Å².